The summed E-state index contributed by atoms with van der Waals surface area (Å²) in [5, 5.41) is 5.73. The van der Waals surface area contributed by atoms with Crippen molar-refractivity contribution in [1.82, 2.24) is 9.88 Å². The van der Waals surface area contributed by atoms with Crippen LogP contribution in [-0.2, 0) is 6.54 Å². The van der Waals surface area contributed by atoms with Crippen LogP contribution in [0, 0.1) is 0 Å². The predicted molar refractivity (Wildman–Crippen MR) is 79.2 cm³/mol. The number of hydrogen-bond donors (Lipinski definition) is 1. The minimum Gasteiger partial charge on any atom is -0.349 e. The maximum absolute atomic E-state index is 3.60. The second-order valence-corrected chi connectivity index (χ2v) is 5.64. The Morgan fingerprint density at radius 1 is 1.33 bits per heavy atom. The molecule has 0 fully saturated rings. The third-order valence-corrected chi connectivity index (χ3v) is 4.00. The molecular weight excluding hydrogens is 240 g/mol. The molecule has 0 aliphatic carbocycles. The lowest BCUT2D eigenvalue weighted by Crippen LogP contribution is -2.21. The number of hydrogen-bond acceptors (Lipinski definition) is 2. The molecular formula is C15H22N2S. The van der Waals surface area contributed by atoms with Gasteiger partial charge in [0, 0.05) is 23.3 Å². The molecule has 0 aliphatic rings. The van der Waals surface area contributed by atoms with Gasteiger partial charge in [-0.2, -0.15) is 0 Å². The topological polar surface area (TPSA) is 17.0 Å². The van der Waals surface area contributed by atoms with Gasteiger partial charge < -0.3 is 9.88 Å². The first kappa shape index (κ1) is 13.4. The largest absolute Gasteiger partial charge is 0.349 e. The molecule has 2 nitrogen and oxygen atoms in total. The molecule has 0 spiro atoms. The minimum absolute atomic E-state index is 0.495. The quantitative estimate of drug-likeness (QED) is 0.796. The molecule has 2 aromatic heterocycles. The van der Waals surface area contributed by atoms with Crippen molar-refractivity contribution in [1.29, 1.82) is 0 Å². The maximum Gasteiger partial charge on any atom is 0.0563 e. The Morgan fingerprint density at radius 3 is 2.89 bits per heavy atom. The Morgan fingerprint density at radius 2 is 2.22 bits per heavy atom. The van der Waals surface area contributed by atoms with Gasteiger partial charge in [0.1, 0.15) is 0 Å². The number of rotatable bonds is 7. The monoisotopic (exact) mass is 262 g/mol. The molecule has 3 heteroatoms. The molecule has 0 saturated heterocycles. The summed E-state index contributed by atoms with van der Waals surface area (Å²) in [6.07, 6.45) is 6.79. The molecule has 1 atom stereocenters. The number of aromatic nitrogens is 1. The Bertz CT molecular complexity index is 445. The van der Waals surface area contributed by atoms with Crippen molar-refractivity contribution >= 4 is 11.3 Å². The normalized spacial score (nSPS) is 12.8. The van der Waals surface area contributed by atoms with Gasteiger partial charge in [0.15, 0.2) is 0 Å². The van der Waals surface area contributed by atoms with Crippen LogP contribution in [0.3, 0.4) is 0 Å². The first-order valence-electron chi connectivity index (χ1n) is 6.75. The summed E-state index contributed by atoms with van der Waals surface area (Å²) >= 11 is 1.82. The number of nitrogens with zero attached hydrogens (tertiary/aromatic N) is 1. The molecule has 0 amide bonds. The summed E-state index contributed by atoms with van der Waals surface area (Å²) in [6, 6.07) is 7.04. The van der Waals surface area contributed by atoms with Gasteiger partial charge in [-0.1, -0.05) is 19.9 Å². The maximum atomic E-state index is 3.60. The highest BCUT2D eigenvalue weighted by atomic mass is 32.1. The standard InChI is InChI=1S/C15H22N2S/c1-3-8-16-15(4-2)13-7-9-17(11-13)12-14-6-5-10-18-14/h5-7,9-11,15-16H,3-4,8,12H2,1-2H3. The van der Waals surface area contributed by atoms with Gasteiger partial charge >= 0.3 is 0 Å². The highest BCUT2D eigenvalue weighted by molar-refractivity contribution is 7.09. The average molecular weight is 262 g/mol. The Balaban J connectivity index is 1.99. The molecule has 1 N–H and O–H groups in total. The molecule has 2 heterocycles. The lowest BCUT2D eigenvalue weighted by molar-refractivity contribution is 0.518. The molecule has 2 rings (SSSR count). The third kappa shape index (κ3) is 3.47. The van der Waals surface area contributed by atoms with E-state index >= 15 is 0 Å². The van der Waals surface area contributed by atoms with Crippen molar-refractivity contribution in [2.45, 2.75) is 39.3 Å². The van der Waals surface area contributed by atoms with Crippen molar-refractivity contribution in [3.63, 3.8) is 0 Å². The van der Waals surface area contributed by atoms with E-state index < -0.39 is 0 Å². The fourth-order valence-corrected chi connectivity index (χ4v) is 2.88. The van der Waals surface area contributed by atoms with E-state index in [1.54, 1.807) is 0 Å². The fourth-order valence-electron chi connectivity index (χ4n) is 2.16. The highest BCUT2D eigenvalue weighted by Gasteiger charge is 2.09. The van der Waals surface area contributed by atoms with E-state index in [-0.39, 0.29) is 0 Å². The zero-order valence-electron chi connectivity index (χ0n) is 11.2. The van der Waals surface area contributed by atoms with Gasteiger partial charge in [0.25, 0.3) is 0 Å². The molecule has 0 bridgehead atoms. The van der Waals surface area contributed by atoms with Crippen LogP contribution in [0.4, 0.5) is 0 Å². The summed E-state index contributed by atoms with van der Waals surface area (Å²) in [5.41, 5.74) is 1.41. The van der Waals surface area contributed by atoms with E-state index in [1.807, 2.05) is 11.3 Å². The van der Waals surface area contributed by atoms with Gasteiger partial charge in [-0.15, -0.1) is 11.3 Å². The van der Waals surface area contributed by atoms with Crippen LogP contribution in [0.25, 0.3) is 0 Å². The zero-order valence-corrected chi connectivity index (χ0v) is 12.0. The first-order valence-corrected chi connectivity index (χ1v) is 7.63. The van der Waals surface area contributed by atoms with Crippen molar-refractivity contribution in [2.75, 3.05) is 6.54 Å². The van der Waals surface area contributed by atoms with E-state index in [0.29, 0.717) is 6.04 Å². The van der Waals surface area contributed by atoms with Crippen molar-refractivity contribution < 1.29 is 0 Å². The Kier molecular flexibility index (Phi) is 5.02. The molecule has 0 aromatic carbocycles. The average Bonchev–Trinajstić information content (AvgIpc) is 3.03. The third-order valence-electron chi connectivity index (χ3n) is 3.14. The first-order chi connectivity index (χ1) is 8.83. The van der Waals surface area contributed by atoms with Gasteiger partial charge in [0.05, 0.1) is 6.54 Å². The van der Waals surface area contributed by atoms with Gasteiger partial charge in [0.2, 0.25) is 0 Å². The van der Waals surface area contributed by atoms with E-state index in [2.05, 4.69) is 59.7 Å². The SMILES string of the molecule is CCCNC(CC)c1ccn(Cc2cccs2)c1. The van der Waals surface area contributed by atoms with Crippen molar-refractivity contribution in [2.24, 2.45) is 0 Å². The molecule has 98 valence electrons. The second-order valence-electron chi connectivity index (χ2n) is 4.61. The Labute approximate surface area is 114 Å². The van der Waals surface area contributed by atoms with Crippen LogP contribution < -0.4 is 5.32 Å². The molecule has 2 aromatic rings. The lowest BCUT2D eigenvalue weighted by atomic mass is 10.1. The minimum atomic E-state index is 0.495. The van der Waals surface area contributed by atoms with E-state index in [0.717, 1.165) is 19.5 Å². The number of thiophene rings is 1. The van der Waals surface area contributed by atoms with Crippen LogP contribution in [0.1, 0.15) is 43.2 Å². The van der Waals surface area contributed by atoms with Crippen LogP contribution in [-0.4, -0.2) is 11.1 Å². The molecule has 0 aliphatic heterocycles. The predicted octanol–water partition coefficient (Wildman–Crippen LogP) is 4.05. The van der Waals surface area contributed by atoms with Crippen LogP contribution >= 0.6 is 11.3 Å². The lowest BCUT2D eigenvalue weighted by Gasteiger charge is -2.15. The fraction of sp³-hybridized carbons (Fsp3) is 0.467. The van der Waals surface area contributed by atoms with Gasteiger partial charge in [-0.05, 0) is 42.5 Å². The highest BCUT2D eigenvalue weighted by Crippen LogP contribution is 2.18. The van der Waals surface area contributed by atoms with Gasteiger partial charge in [-0.25, -0.2) is 0 Å². The number of nitrogens with one attached hydrogen (secondary N) is 1. The summed E-state index contributed by atoms with van der Waals surface area (Å²) in [4.78, 5) is 1.41. The molecule has 0 saturated carbocycles. The van der Waals surface area contributed by atoms with Crippen LogP contribution in [0.5, 0.6) is 0 Å². The van der Waals surface area contributed by atoms with E-state index in [9.17, 15) is 0 Å². The molecule has 0 radical (unpaired) electrons. The van der Waals surface area contributed by atoms with E-state index in [4.69, 9.17) is 0 Å². The molecule has 18 heavy (non-hydrogen) atoms. The Hall–Kier alpha value is -1.06. The van der Waals surface area contributed by atoms with Gasteiger partial charge in [-0.3, -0.25) is 0 Å². The van der Waals surface area contributed by atoms with E-state index in [1.165, 1.54) is 16.9 Å². The van der Waals surface area contributed by atoms with Crippen LogP contribution in [0.2, 0.25) is 0 Å². The summed E-state index contributed by atoms with van der Waals surface area (Å²) in [7, 11) is 0. The molecule has 1 unspecified atom stereocenters. The smallest absolute Gasteiger partial charge is 0.0563 e. The summed E-state index contributed by atoms with van der Waals surface area (Å²) in [5.74, 6) is 0. The van der Waals surface area contributed by atoms with Crippen molar-refractivity contribution in [3.05, 3.63) is 46.4 Å². The summed E-state index contributed by atoms with van der Waals surface area (Å²) in [6.45, 7) is 6.53. The summed E-state index contributed by atoms with van der Waals surface area (Å²) < 4.78 is 2.28. The second kappa shape index (κ2) is 6.76. The van der Waals surface area contributed by atoms with Crippen molar-refractivity contribution in [3.8, 4) is 0 Å². The van der Waals surface area contributed by atoms with Crippen LogP contribution in [0.15, 0.2) is 36.0 Å². The zero-order chi connectivity index (χ0) is 12.8.